The van der Waals surface area contributed by atoms with E-state index in [9.17, 15) is 4.79 Å². The molecule has 90 valence electrons. The van der Waals surface area contributed by atoms with Gasteiger partial charge in [0.1, 0.15) is 12.4 Å². The SMILES string of the molecule is CCOC(=O)CNc1nc(N)nc2ccsc12. The molecule has 2 aromatic heterocycles. The average Bonchev–Trinajstić information content (AvgIpc) is 2.74. The van der Waals surface area contributed by atoms with Crippen molar-refractivity contribution < 1.29 is 9.53 Å². The van der Waals surface area contributed by atoms with Gasteiger partial charge in [0.05, 0.1) is 16.8 Å². The van der Waals surface area contributed by atoms with Crippen LogP contribution in [-0.4, -0.2) is 29.1 Å². The molecule has 0 aromatic carbocycles. The van der Waals surface area contributed by atoms with Crippen molar-refractivity contribution in [3.8, 4) is 0 Å². The van der Waals surface area contributed by atoms with Crippen LogP contribution in [0, 0.1) is 0 Å². The van der Waals surface area contributed by atoms with Crippen LogP contribution in [0.4, 0.5) is 11.8 Å². The van der Waals surface area contributed by atoms with E-state index in [1.54, 1.807) is 6.92 Å². The Balaban J connectivity index is 2.17. The number of carbonyl (C=O) groups is 1. The van der Waals surface area contributed by atoms with E-state index in [-0.39, 0.29) is 18.5 Å². The number of nitrogens with zero attached hydrogens (tertiary/aromatic N) is 2. The van der Waals surface area contributed by atoms with Crippen molar-refractivity contribution in [2.45, 2.75) is 6.92 Å². The zero-order valence-corrected chi connectivity index (χ0v) is 10.1. The van der Waals surface area contributed by atoms with Gasteiger partial charge in [0.15, 0.2) is 0 Å². The highest BCUT2D eigenvalue weighted by molar-refractivity contribution is 7.17. The summed E-state index contributed by atoms with van der Waals surface area (Å²) in [6.07, 6.45) is 0. The quantitative estimate of drug-likeness (QED) is 0.796. The molecular weight excluding hydrogens is 240 g/mol. The number of rotatable bonds is 4. The number of thiophene rings is 1. The lowest BCUT2D eigenvalue weighted by atomic mass is 10.4. The van der Waals surface area contributed by atoms with Gasteiger partial charge >= 0.3 is 5.97 Å². The minimum Gasteiger partial charge on any atom is -0.465 e. The molecule has 6 nitrogen and oxygen atoms in total. The van der Waals surface area contributed by atoms with E-state index in [0.717, 1.165) is 10.2 Å². The first-order valence-corrected chi connectivity index (χ1v) is 5.99. The maximum atomic E-state index is 11.2. The van der Waals surface area contributed by atoms with Crippen LogP contribution < -0.4 is 11.1 Å². The smallest absolute Gasteiger partial charge is 0.325 e. The molecule has 0 saturated heterocycles. The molecule has 3 N–H and O–H groups in total. The number of carbonyl (C=O) groups excluding carboxylic acids is 1. The summed E-state index contributed by atoms with van der Waals surface area (Å²) in [6.45, 7) is 2.19. The summed E-state index contributed by atoms with van der Waals surface area (Å²) in [5, 5.41) is 4.80. The zero-order valence-electron chi connectivity index (χ0n) is 9.27. The van der Waals surface area contributed by atoms with Crippen molar-refractivity contribution in [1.82, 2.24) is 9.97 Å². The number of hydrogen-bond donors (Lipinski definition) is 2. The van der Waals surface area contributed by atoms with Gasteiger partial charge in [-0.1, -0.05) is 0 Å². The molecule has 0 aliphatic carbocycles. The minimum absolute atomic E-state index is 0.0668. The lowest BCUT2D eigenvalue weighted by molar-refractivity contribution is -0.140. The topological polar surface area (TPSA) is 90.1 Å². The van der Waals surface area contributed by atoms with Crippen molar-refractivity contribution in [3.63, 3.8) is 0 Å². The number of anilines is 2. The number of ether oxygens (including phenoxy) is 1. The van der Waals surface area contributed by atoms with Gasteiger partial charge in [-0.05, 0) is 18.4 Å². The van der Waals surface area contributed by atoms with Crippen LogP contribution in [0.3, 0.4) is 0 Å². The molecule has 0 amide bonds. The Hall–Kier alpha value is -1.89. The van der Waals surface area contributed by atoms with Gasteiger partial charge < -0.3 is 15.8 Å². The first-order valence-electron chi connectivity index (χ1n) is 5.11. The molecular formula is C10H12N4O2S. The number of nitrogens with one attached hydrogen (secondary N) is 1. The van der Waals surface area contributed by atoms with Crippen LogP contribution in [0.2, 0.25) is 0 Å². The second-order valence-corrected chi connectivity index (χ2v) is 4.14. The molecule has 17 heavy (non-hydrogen) atoms. The van der Waals surface area contributed by atoms with Crippen LogP contribution in [0.1, 0.15) is 6.92 Å². The van der Waals surface area contributed by atoms with E-state index in [1.165, 1.54) is 11.3 Å². The molecule has 0 unspecified atom stereocenters. The van der Waals surface area contributed by atoms with Crippen molar-refractivity contribution in [2.24, 2.45) is 0 Å². The molecule has 2 rings (SSSR count). The zero-order chi connectivity index (χ0) is 12.3. The number of esters is 1. The Morgan fingerprint density at radius 1 is 1.59 bits per heavy atom. The van der Waals surface area contributed by atoms with Gasteiger partial charge in [0, 0.05) is 0 Å². The fourth-order valence-corrected chi connectivity index (χ4v) is 2.17. The fourth-order valence-electron chi connectivity index (χ4n) is 1.37. The first kappa shape index (κ1) is 11.6. The lowest BCUT2D eigenvalue weighted by Gasteiger charge is -2.06. The summed E-state index contributed by atoms with van der Waals surface area (Å²) in [5.41, 5.74) is 6.35. The van der Waals surface area contributed by atoms with E-state index in [2.05, 4.69) is 15.3 Å². The third-order valence-electron chi connectivity index (χ3n) is 2.03. The Bertz CT molecular complexity index is 540. The minimum atomic E-state index is -0.325. The van der Waals surface area contributed by atoms with Crippen molar-refractivity contribution >= 4 is 39.3 Å². The summed E-state index contributed by atoms with van der Waals surface area (Å²) in [4.78, 5) is 19.4. The summed E-state index contributed by atoms with van der Waals surface area (Å²) >= 11 is 1.49. The standard InChI is InChI=1S/C10H12N4O2S/c1-2-16-7(15)5-12-9-8-6(3-4-17-8)13-10(11)14-9/h3-4H,2,5H2,1H3,(H3,11,12,13,14). The Morgan fingerprint density at radius 3 is 3.18 bits per heavy atom. The van der Waals surface area contributed by atoms with Crippen LogP contribution >= 0.6 is 11.3 Å². The summed E-state index contributed by atoms with van der Waals surface area (Å²) in [7, 11) is 0. The average molecular weight is 252 g/mol. The van der Waals surface area contributed by atoms with Crippen LogP contribution in [0.5, 0.6) is 0 Å². The summed E-state index contributed by atoms with van der Waals surface area (Å²) in [6, 6.07) is 1.85. The van der Waals surface area contributed by atoms with Crippen LogP contribution in [0.25, 0.3) is 10.2 Å². The van der Waals surface area contributed by atoms with Gasteiger partial charge in [-0.25, -0.2) is 4.98 Å². The third-order valence-corrected chi connectivity index (χ3v) is 2.94. The molecule has 2 heterocycles. The second kappa shape index (κ2) is 4.96. The van der Waals surface area contributed by atoms with Gasteiger partial charge in [-0.15, -0.1) is 11.3 Å². The Kier molecular flexibility index (Phi) is 3.38. The first-order chi connectivity index (χ1) is 8.20. The second-order valence-electron chi connectivity index (χ2n) is 3.22. The predicted octanol–water partition coefficient (Wildman–Crippen LogP) is 1.25. The Morgan fingerprint density at radius 2 is 2.41 bits per heavy atom. The van der Waals surface area contributed by atoms with E-state index in [0.29, 0.717) is 12.4 Å². The van der Waals surface area contributed by atoms with E-state index < -0.39 is 0 Å². The number of hydrogen-bond acceptors (Lipinski definition) is 7. The highest BCUT2D eigenvalue weighted by atomic mass is 32.1. The van der Waals surface area contributed by atoms with Gasteiger partial charge in [-0.3, -0.25) is 4.79 Å². The summed E-state index contributed by atoms with van der Waals surface area (Å²) in [5.74, 6) is 0.423. The molecule has 0 radical (unpaired) electrons. The maximum absolute atomic E-state index is 11.2. The van der Waals surface area contributed by atoms with Crippen molar-refractivity contribution in [2.75, 3.05) is 24.2 Å². The molecule has 0 bridgehead atoms. The molecule has 0 aliphatic heterocycles. The Labute approximate surface area is 102 Å². The fraction of sp³-hybridized carbons (Fsp3) is 0.300. The van der Waals surface area contributed by atoms with Crippen LogP contribution in [-0.2, 0) is 9.53 Å². The molecule has 0 aliphatic rings. The highest BCUT2D eigenvalue weighted by Crippen LogP contribution is 2.26. The number of aromatic nitrogens is 2. The van der Waals surface area contributed by atoms with Gasteiger partial charge in [-0.2, -0.15) is 4.98 Å². The van der Waals surface area contributed by atoms with Gasteiger partial charge in [0.2, 0.25) is 5.95 Å². The largest absolute Gasteiger partial charge is 0.465 e. The molecule has 0 saturated carbocycles. The molecule has 7 heteroatoms. The molecule has 2 aromatic rings. The number of nitrogen functional groups attached to an aromatic ring is 1. The number of fused-ring (bicyclic) bond motifs is 1. The maximum Gasteiger partial charge on any atom is 0.325 e. The summed E-state index contributed by atoms with van der Waals surface area (Å²) < 4.78 is 5.69. The monoisotopic (exact) mass is 252 g/mol. The van der Waals surface area contributed by atoms with Gasteiger partial charge in [0.25, 0.3) is 0 Å². The molecule has 0 spiro atoms. The van der Waals surface area contributed by atoms with E-state index in [4.69, 9.17) is 10.5 Å². The predicted molar refractivity (Wildman–Crippen MR) is 67.0 cm³/mol. The highest BCUT2D eigenvalue weighted by Gasteiger charge is 2.09. The normalized spacial score (nSPS) is 10.4. The van der Waals surface area contributed by atoms with E-state index >= 15 is 0 Å². The molecule has 0 fully saturated rings. The van der Waals surface area contributed by atoms with Crippen LogP contribution in [0.15, 0.2) is 11.4 Å². The van der Waals surface area contributed by atoms with Crippen molar-refractivity contribution in [1.29, 1.82) is 0 Å². The van der Waals surface area contributed by atoms with Crippen molar-refractivity contribution in [3.05, 3.63) is 11.4 Å². The van der Waals surface area contributed by atoms with E-state index in [1.807, 2.05) is 11.4 Å². The molecule has 0 atom stereocenters. The third kappa shape index (κ3) is 2.62. The number of nitrogens with two attached hydrogens (primary N) is 1. The lowest BCUT2D eigenvalue weighted by Crippen LogP contribution is -2.17.